The fourth-order valence-corrected chi connectivity index (χ4v) is 2.04. The fourth-order valence-electron chi connectivity index (χ4n) is 1.26. The summed E-state index contributed by atoms with van der Waals surface area (Å²) >= 11 is 9.09. The summed E-state index contributed by atoms with van der Waals surface area (Å²) in [7, 11) is 0. The summed E-state index contributed by atoms with van der Waals surface area (Å²) in [6, 6.07) is 4.56. The van der Waals surface area contributed by atoms with Gasteiger partial charge in [-0.1, -0.05) is 33.6 Å². The average Bonchev–Trinajstić information content (AvgIpc) is 2.42. The van der Waals surface area contributed by atoms with Crippen molar-refractivity contribution in [2.24, 2.45) is 0 Å². The first-order valence-electron chi connectivity index (χ1n) is 3.65. The van der Waals surface area contributed by atoms with Gasteiger partial charge in [0.1, 0.15) is 5.58 Å². The van der Waals surface area contributed by atoms with Crippen LogP contribution in [0.1, 0.15) is 5.56 Å². The smallest absolute Gasteiger partial charge is 0.283 e. The Kier molecular flexibility index (Phi) is 2.30. The second-order valence-corrected chi connectivity index (χ2v) is 3.57. The Hall–Kier alpha value is -0.540. The highest BCUT2D eigenvalue weighted by atomic mass is 79.9. The van der Waals surface area contributed by atoms with Gasteiger partial charge in [0.05, 0.1) is 5.02 Å². The van der Waals surface area contributed by atoms with Crippen LogP contribution in [0.4, 0.5) is 4.39 Å². The second kappa shape index (κ2) is 3.31. The van der Waals surface area contributed by atoms with Crippen molar-refractivity contribution >= 4 is 38.5 Å². The molecule has 1 heterocycles. The van der Waals surface area contributed by atoms with E-state index in [1.807, 2.05) is 0 Å². The van der Waals surface area contributed by atoms with Crippen molar-refractivity contribution in [3.8, 4) is 0 Å². The molecule has 0 aliphatic rings. The number of hydrogen-bond acceptors (Lipinski definition) is 1. The van der Waals surface area contributed by atoms with Gasteiger partial charge in [0, 0.05) is 16.3 Å². The Labute approximate surface area is 87.6 Å². The Bertz CT molecular complexity index is 452. The van der Waals surface area contributed by atoms with Crippen molar-refractivity contribution < 1.29 is 8.81 Å². The molecule has 0 amide bonds. The maximum atomic E-state index is 13.1. The van der Waals surface area contributed by atoms with Crippen molar-refractivity contribution in [3.05, 3.63) is 34.8 Å². The van der Waals surface area contributed by atoms with Gasteiger partial charge in [-0.3, -0.25) is 0 Å². The van der Waals surface area contributed by atoms with Crippen LogP contribution < -0.4 is 0 Å². The third-order valence-corrected chi connectivity index (χ3v) is 2.72. The molecule has 1 aromatic heterocycles. The molecule has 0 unspecified atom stereocenters. The molecule has 4 heteroatoms. The van der Waals surface area contributed by atoms with Crippen molar-refractivity contribution in [3.63, 3.8) is 0 Å². The minimum absolute atomic E-state index is 0.398. The van der Waals surface area contributed by atoms with Crippen LogP contribution in [0.15, 0.2) is 22.6 Å². The first-order chi connectivity index (χ1) is 6.24. The van der Waals surface area contributed by atoms with Gasteiger partial charge in [-0.15, -0.1) is 0 Å². The van der Waals surface area contributed by atoms with Gasteiger partial charge in [0.25, 0.3) is 6.01 Å². The lowest BCUT2D eigenvalue weighted by molar-refractivity contribution is 0.375. The molecule has 68 valence electrons. The number of halogens is 3. The van der Waals surface area contributed by atoms with Crippen LogP contribution in [0.25, 0.3) is 11.0 Å². The zero-order chi connectivity index (χ0) is 9.42. The molecule has 13 heavy (non-hydrogen) atoms. The summed E-state index contributed by atoms with van der Waals surface area (Å²) in [6.45, 7) is 0. The van der Waals surface area contributed by atoms with E-state index in [-0.39, 0.29) is 0 Å². The van der Waals surface area contributed by atoms with E-state index in [9.17, 15) is 4.39 Å². The summed E-state index contributed by atoms with van der Waals surface area (Å²) in [6.07, 6.45) is 0. The summed E-state index contributed by atoms with van der Waals surface area (Å²) in [5.74, 6) is 0. The monoisotopic (exact) mass is 262 g/mol. The number of fused-ring (bicyclic) bond motifs is 1. The lowest BCUT2D eigenvalue weighted by Crippen LogP contribution is -1.78. The first-order valence-corrected chi connectivity index (χ1v) is 5.15. The number of rotatable bonds is 1. The zero-order valence-electron chi connectivity index (χ0n) is 6.48. The van der Waals surface area contributed by atoms with Crippen LogP contribution in [0.3, 0.4) is 0 Å². The van der Waals surface area contributed by atoms with E-state index < -0.39 is 6.01 Å². The average molecular weight is 263 g/mol. The molecule has 1 aromatic carbocycles. The quantitative estimate of drug-likeness (QED) is 0.705. The van der Waals surface area contributed by atoms with Crippen LogP contribution in [0.2, 0.25) is 5.02 Å². The van der Waals surface area contributed by atoms with Crippen LogP contribution in [-0.2, 0) is 5.33 Å². The van der Waals surface area contributed by atoms with Crippen molar-refractivity contribution in [2.75, 3.05) is 0 Å². The van der Waals surface area contributed by atoms with Gasteiger partial charge in [-0.2, -0.15) is 4.39 Å². The summed E-state index contributed by atoms with van der Waals surface area (Å²) in [5, 5.41) is 1.56. The predicted molar refractivity (Wildman–Crippen MR) is 53.8 cm³/mol. The topological polar surface area (TPSA) is 13.1 Å². The van der Waals surface area contributed by atoms with E-state index in [4.69, 9.17) is 16.0 Å². The van der Waals surface area contributed by atoms with Gasteiger partial charge < -0.3 is 4.42 Å². The molecule has 0 radical (unpaired) electrons. The maximum Gasteiger partial charge on any atom is 0.283 e. The second-order valence-electron chi connectivity index (χ2n) is 2.60. The molecule has 0 aliphatic heterocycles. The van der Waals surface area contributed by atoms with E-state index >= 15 is 0 Å². The SMILES string of the molecule is Fc1oc2cccc(Cl)c2c1CBr. The highest BCUT2D eigenvalue weighted by Gasteiger charge is 2.14. The fraction of sp³-hybridized carbons (Fsp3) is 0.111. The molecule has 0 fully saturated rings. The largest absolute Gasteiger partial charge is 0.431 e. The van der Waals surface area contributed by atoms with Gasteiger partial charge in [0.15, 0.2) is 0 Å². The van der Waals surface area contributed by atoms with Crippen LogP contribution >= 0.6 is 27.5 Å². The van der Waals surface area contributed by atoms with Crippen LogP contribution in [-0.4, -0.2) is 0 Å². The van der Waals surface area contributed by atoms with Gasteiger partial charge in [-0.25, -0.2) is 0 Å². The lowest BCUT2D eigenvalue weighted by Gasteiger charge is -1.93. The Balaban J connectivity index is 2.88. The van der Waals surface area contributed by atoms with E-state index in [2.05, 4.69) is 15.9 Å². The van der Waals surface area contributed by atoms with Crippen molar-refractivity contribution in [1.82, 2.24) is 0 Å². The number of hydrogen-bond donors (Lipinski definition) is 0. The third kappa shape index (κ3) is 1.36. The summed E-state index contributed by atoms with van der Waals surface area (Å²) in [5.41, 5.74) is 0.958. The standard InChI is InChI=1S/C9H5BrClFO/c10-4-5-8-6(11)2-1-3-7(8)13-9(5)12/h1-3H,4H2. The number of benzene rings is 1. The van der Waals surface area contributed by atoms with Crippen molar-refractivity contribution in [2.45, 2.75) is 5.33 Å². The minimum Gasteiger partial charge on any atom is -0.431 e. The Morgan fingerprint density at radius 1 is 1.46 bits per heavy atom. The first kappa shape index (κ1) is 9.03. The third-order valence-electron chi connectivity index (χ3n) is 1.85. The minimum atomic E-state index is -0.569. The van der Waals surface area contributed by atoms with E-state index in [0.29, 0.717) is 26.9 Å². The molecular formula is C9H5BrClFO. The molecule has 2 rings (SSSR count). The summed E-state index contributed by atoms with van der Waals surface area (Å²) < 4.78 is 18.0. The molecule has 1 nitrogen and oxygen atoms in total. The molecule has 0 atom stereocenters. The zero-order valence-corrected chi connectivity index (χ0v) is 8.82. The Morgan fingerprint density at radius 3 is 2.92 bits per heavy atom. The summed E-state index contributed by atoms with van der Waals surface area (Å²) in [4.78, 5) is 0. The molecule has 0 bridgehead atoms. The maximum absolute atomic E-state index is 13.1. The molecule has 0 aliphatic carbocycles. The van der Waals surface area contributed by atoms with Crippen LogP contribution in [0, 0.1) is 6.01 Å². The lowest BCUT2D eigenvalue weighted by atomic mass is 10.2. The number of furan rings is 1. The molecule has 0 N–H and O–H groups in total. The normalized spacial score (nSPS) is 11.0. The highest BCUT2D eigenvalue weighted by Crippen LogP contribution is 2.32. The number of alkyl halides is 1. The molecule has 0 spiro atoms. The molecule has 2 aromatic rings. The van der Waals surface area contributed by atoms with Crippen LogP contribution in [0.5, 0.6) is 0 Å². The predicted octanol–water partition coefficient (Wildman–Crippen LogP) is 4.12. The van der Waals surface area contributed by atoms with Gasteiger partial charge in [-0.05, 0) is 12.1 Å². The van der Waals surface area contributed by atoms with Gasteiger partial charge >= 0.3 is 0 Å². The highest BCUT2D eigenvalue weighted by molar-refractivity contribution is 9.08. The van der Waals surface area contributed by atoms with E-state index in [1.165, 1.54) is 0 Å². The Morgan fingerprint density at radius 2 is 2.23 bits per heavy atom. The van der Waals surface area contributed by atoms with E-state index in [1.54, 1.807) is 18.2 Å². The molecular weight excluding hydrogens is 258 g/mol. The van der Waals surface area contributed by atoms with Gasteiger partial charge in [0.2, 0.25) is 0 Å². The van der Waals surface area contributed by atoms with Crippen molar-refractivity contribution in [1.29, 1.82) is 0 Å². The van der Waals surface area contributed by atoms with E-state index in [0.717, 1.165) is 0 Å². The molecule has 0 saturated carbocycles. The molecule has 0 saturated heterocycles.